The third-order valence-corrected chi connectivity index (χ3v) is 6.03. The van der Waals surface area contributed by atoms with Crippen LogP contribution in [0.3, 0.4) is 0 Å². The molecule has 0 bridgehead atoms. The second-order valence-corrected chi connectivity index (χ2v) is 8.41. The molecule has 0 fully saturated rings. The summed E-state index contributed by atoms with van der Waals surface area (Å²) in [7, 11) is 7.16. The number of anilines is 1. The topological polar surface area (TPSA) is 73.4 Å². The normalized spacial score (nSPS) is 11.0. The number of likely N-dealkylation sites (N-methyl/N-ethyl adjacent to an activating group) is 1. The Labute approximate surface area is 198 Å². The molecule has 9 heteroatoms. The highest BCUT2D eigenvalue weighted by Gasteiger charge is 2.24. The Bertz CT molecular complexity index is 1060. The van der Waals surface area contributed by atoms with Gasteiger partial charge in [-0.1, -0.05) is 11.3 Å². The maximum atomic E-state index is 13.7. The maximum Gasteiger partial charge on any atom is 0.260 e. The van der Waals surface area contributed by atoms with Crippen molar-refractivity contribution in [2.45, 2.75) is 13.8 Å². The number of carbonyl (C=O) groups is 1. The van der Waals surface area contributed by atoms with E-state index >= 15 is 0 Å². The monoisotopic (exact) mass is 473 g/mol. The lowest BCUT2D eigenvalue weighted by Gasteiger charge is -2.22. The van der Waals surface area contributed by atoms with Crippen LogP contribution in [0.15, 0.2) is 30.3 Å². The molecule has 0 radical (unpaired) electrons. The summed E-state index contributed by atoms with van der Waals surface area (Å²) in [6.45, 7) is 5.93. The largest absolute Gasteiger partial charge is 0.495 e. The first-order chi connectivity index (χ1) is 15.9. The molecule has 178 valence electrons. The number of methoxy groups -OCH3 is 2. The van der Waals surface area contributed by atoms with Crippen LogP contribution in [0, 0.1) is 0 Å². The Kier molecular flexibility index (Phi) is 8.35. The van der Waals surface area contributed by atoms with Gasteiger partial charge < -0.3 is 23.8 Å². The van der Waals surface area contributed by atoms with E-state index in [1.807, 2.05) is 45.0 Å². The van der Waals surface area contributed by atoms with Gasteiger partial charge in [0.2, 0.25) is 0 Å². The fourth-order valence-corrected chi connectivity index (χ4v) is 4.41. The Morgan fingerprint density at radius 3 is 2.18 bits per heavy atom. The van der Waals surface area contributed by atoms with Crippen LogP contribution >= 0.6 is 11.3 Å². The molecule has 0 spiro atoms. The van der Waals surface area contributed by atoms with Crippen molar-refractivity contribution in [3.63, 3.8) is 0 Å². The number of benzene rings is 2. The lowest BCUT2D eigenvalue weighted by molar-refractivity contribution is 0.0984. The summed E-state index contributed by atoms with van der Waals surface area (Å²) in [6, 6.07) is 8.92. The summed E-state index contributed by atoms with van der Waals surface area (Å²) in [5.41, 5.74) is 1.17. The standard InChI is InChI=1S/C24H31N3O5S/c1-7-31-17-10-9-16(15-20(17)32-8-2)23(28)27(14-13-26(3)4)24-25-21-18(29-5)11-12-19(30-6)22(21)33-24/h9-12,15H,7-8,13-14H2,1-6H3. The van der Waals surface area contributed by atoms with E-state index in [4.69, 9.17) is 23.9 Å². The minimum absolute atomic E-state index is 0.169. The summed E-state index contributed by atoms with van der Waals surface area (Å²) < 4.78 is 23.2. The van der Waals surface area contributed by atoms with Crippen molar-refractivity contribution in [2.24, 2.45) is 0 Å². The minimum atomic E-state index is -0.169. The number of amides is 1. The van der Waals surface area contributed by atoms with E-state index in [-0.39, 0.29) is 5.91 Å². The van der Waals surface area contributed by atoms with Crippen molar-refractivity contribution in [3.8, 4) is 23.0 Å². The van der Waals surface area contributed by atoms with E-state index < -0.39 is 0 Å². The number of hydrogen-bond acceptors (Lipinski definition) is 8. The molecule has 0 aliphatic carbocycles. The van der Waals surface area contributed by atoms with Crippen LogP contribution in [0.1, 0.15) is 24.2 Å². The van der Waals surface area contributed by atoms with E-state index in [0.29, 0.717) is 65.5 Å². The van der Waals surface area contributed by atoms with Crippen LogP contribution in [0.2, 0.25) is 0 Å². The molecular weight excluding hydrogens is 442 g/mol. The van der Waals surface area contributed by atoms with Crippen LogP contribution < -0.4 is 23.8 Å². The van der Waals surface area contributed by atoms with Crippen LogP contribution in [-0.2, 0) is 0 Å². The molecule has 1 aromatic heterocycles. The van der Waals surface area contributed by atoms with E-state index in [2.05, 4.69) is 0 Å². The highest BCUT2D eigenvalue weighted by atomic mass is 32.1. The van der Waals surface area contributed by atoms with Crippen LogP contribution in [0.4, 0.5) is 5.13 Å². The number of ether oxygens (including phenoxy) is 4. The van der Waals surface area contributed by atoms with Gasteiger partial charge in [0, 0.05) is 18.7 Å². The Morgan fingerprint density at radius 2 is 1.55 bits per heavy atom. The first-order valence-electron chi connectivity index (χ1n) is 10.8. The predicted octanol–water partition coefficient (Wildman–Crippen LogP) is 4.32. The molecule has 0 atom stereocenters. The molecule has 0 saturated carbocycles. The van der Waals surface area contributed by atoms with Gasteiger partial charge >= 0.3 is 0 Å². The number of rotatable bonds is 11. The SMILES string of the molecule is CCOc1ccc(C(=O)N(CCN(C)C)c2nc3c(OC)ccc(OC)c3s2)cc1OCC. The number of hydrogen-bond donors (Lipinski definition) is 0. The molecule has 0 aliphatic rings. The van der Waals surface area contributed by atoms with Gasteiger partial charge in [0.05, 0.1) is 27.4 Å². The molecule has 8 nitrogen and oxygen atoms in total. The number of thiazole rings is 1. The lowest BCUT2D eigenvalue weighted by atomic mass is 10.1. The van der Waals surface area contributed by atoms with Gasteiger partial charge in [0.25, 0.3) is 5.91 Å². The summed E-state index contributed by atoms with van der Waals surface area (Å²) in [4.78, 5) is 22.2. The van der Waals surface area contributed by atoms with Crippen molar-refractivity contribution in [1.82, 2.24) is 9.88 Å². The molecule has 0 N–H and O–H groups in total. The average molecular weight is 474 g/mol. The molecule has 0 unspecified atom stereocenters. The molecule has 0 saturated heterocycles. The molecular formula is C24H31N3O5S. The Morgan fingerprint density at radius 1 is 0.909 bits per heavy atom. The van der Waals surface area contributed by atoms with Crippen molar-refractivity contribution in [2.75, 3.05) is 59.5 Å². The second kappa shape index (κ2) is 11.2. The summed E-state index contributed by atoms with van der Waals surface area (Å²) in [5, 5.41) is 0.575. The first kappa shape index (κ1) is 24.6. The van der Waals surface area contributed by atoms with E-state index in [1.165, 1.54) is 11.3 Å². The highest BCUT2D eigenvalue weighted by Crippen LogP contribution is 2.40. The van der Waals surface area contributed by atoms with Gasteiger partial charge in [0.15, 0.2) is 16.6 Å². The van der Waals surface area contributed by atoms with Crippen molar-refractivity contribution >= 4 is 32.6 Å². The van der Waals surface area contributed by atoms with Crippen LogP contribution in [-0.4, -0.2) is 70.4 Å². The van der Waals surface area contributed by atoms with Gasteiger partial charge in [-0.25, -0.2) is 4.98 Å². The first-order valence-corrected chi connectivity index (χ1v) is 11.6. The summed E-state index contributed by atoms with van der Waals surface area (Å²) in [6.07, 6.45) is 0. The molecule has 2 aromatic carbocycles. The van der Waals surface area contributed by atoms with Gasteiger partial charge in [-0.3, -0.25) is 9.69 Å². The second-order valence-electron chi connectivity index (χ2n) is 7.43. The molecule has 0 aliphatic heterocycles. The predicted molar refractivity (Wildman–Crippen MR) is 132 cm³/mol. The molecule has 1 heterocycles. The smallest absolute Gasteiger partial charge is 0.260 e. The molecule has 3 rings (SSSR count). The van der Waals surface area contributed by atoms with Crippen LogP contribution in [0.25, 0.3) is 10.2 Å². The zero-order valence-corrected chi connectivity index (χ0v) is 20.8. The average Bonchev–Trinajstić information content (AvgIpc) is 3.24. The van der Waals surface area contributed by atoms with Gasteiger partial charge in [-0.2, -0.15) is 0 Å². The fourth-order valence-electron chi connectivity index (χ4n) is 3.31. The van der Waals surface area contributed by atoms with Gasteiger partial charge in [-0.15, -0.1) is 0 Å². The van der Waals surface area contributed by atoms with E-state index in [9.17, 15) is 4.79 Å². The van der Waals surface area contributed by atoms with Crippen molar-refractivity contribution < 1.29 is 23.7 Å². The zero-order chi connectivity index (χ0) is 24.0. The molecule has 33 heavy (non-hydrogen) atoms. The zero-order valence-electron chi connectivity index (χ0n) is 20.0. The number of aromatic nitrogens is 1. The van der Waals surface area contributed by atoms with Crippen molar-refractivity contribution in [3.05, 3.63) is 35.9 Å². The quantitative estimate of drug-likeness (QED) is 0.411. The van der Waals surface area contributed by atoms with Crippen LogP contribution in [0.5, 0.6) is 23.0 Å². The van der Waals surface area contributed by atoms with Gasteiger partial charge in [0.1, 0.15) is 21.7 Å². The molecule has 1 amide bonds. The Hall–Kier alpha value is -3.04. The van der Waals surface area contributed by atoms with Gasteiger partial charge in [-0.05, 0) is 58.3 Å². The summed E-state index contributed by atoms with van der Waals surface area (Å²) >= 11 is 1.40. The third-order valence-electron chi connectivity index (χ3n) is 4.94. The van der Waals surface area contributed by atoms with Crippen molar-refractivity contribution in [1.29, 1.82) is 0 Å². The van der Waals surface area contributed by atoms with E-state index in [0.717, 1.165) is 4.70 Å². The number of nitrogens with zero attached hydrogens (tertiary/aromatic N) is 3. The number of fused-ring (bicyclic) bond motifs is 1. The highest BCUT2D eigenvalue weighted by molar-refractivity contribution is 7.22. The number of carbonyl (C=O) groups excluding carboxylic acids is 1. The lowest BCUT2D eigenvalue weighted by Crippen LogP contribution is -2.36. The third kappa shape index (κ3) is 5.48. The fraction of sp³-hybridized carbons (Fsp3) is 0.417. The minimum Gasteiger partial charge on any atom is -0.495 e. The van der Waals surface area contributed by atoms with E-state index in [1.54, 1.807) is 37.3 Å². The Balaban J connectivity index is 2.06. The maximum absolute atomic E-state index is 13.7. The molecule has 3 aromatic rings. The summed E-state index contributed by atoms with van der Waals surface area (Å²) in [5.74, 6) is 2.32.